The highest BCUT2D eigenvalue weighted by atomic mass is 19.4. The average Bonchev–Trinajstić information content (AvgIpc) is 3.37. The molecule has 1 aliphatic heterocycles. The molecule has 0 radical (unpaired) electrons. The summed E-state index contributed by atoms with van der Waals surface area (Å²) in [4.78, 5) is 18.1. The second-order valence-corrected chi connectivity index (χ2v) is 7.07. The molecule has 1 aliphatic carbocycles. The molecular formula is C18H18F3N3O3. The molecule has 1 spiro atoms. The quantitative estimate of drug-likeness (QED) is 0.864. The highest BCUT2D eigenvalue weighted by Crippen LogP contribution is 2.44. The molecule has 1 aromatic heterocycles. The first-order valence-electron chi connectivity index (χ1n) is 8.83. The van der Waals surface area contributed by atoms with Crippen LogP contribution in [0.2, 0.25) is 0 Å². The summed E-state index contributed by atoms with van der Waals surface area (Å²) < 4.78 is 41.9. The van der Waals surface area contributed by atoms with E-state index >= 15 is 0 Å². The number of benzene rings is 1. The largest absolute Gasteiger partial charge is 0.471 e. The number of hydrogen-bond acceptors (Lipinski definition) is 5. The summed E-state index contributed by atoms with van der Waals surface area (Å²) in [6.45, 7) is 0.502. The first-order chi connectivity index (χ1) is 12.8. The van der Waals surface area contributed by atoms with Gasteiger partial charge in [0.1, 0.15) is 0 Å². The Morgan fingerprint density at radius 3 is 2.48 bits per heavy atom. The molecule has 6 nitrogen and oxygen atoms in total. The Bertz CT molecular complexity index is 842. The van der Waals surface area contributed by atoms with Crippen LogP contribution in [0.25, 0.3) is 11.4 Å². The predicted molar refractivity (Wildman–Crippen MR) is 87.6 cm³/mol. The van der Waals surface area contributed by atoms with Gasteiger partial charge in [-0.3, -0.25) is 4.79 Å². The van der Waals surface area contributed by atoms with Gasteiger partial charge in [0.15, 0.2) is 0 Å². The van der Waals surface area contributed by atoms with Gasteiger partial charge in [-0.25, -0.2) is 0 Å². The van der Waals surface area contributed by atoms with E-state index in [4.69, 9.17) is 0 Å². The van der Waals surface area contributed by atoms with Crippen molar-refractivity contribution in [3.63, 3.8) is 0 Å². The number of aliphatic hydroxyl groups is 1. The molecule has 1 N–H and O–H groups in total. The van der Waals surface area contributed by atoms with E-state index in [1.807, 2.05) is 0 Å². The van der Waals surface area contributed by atoms with Gasteiger partial charge in [0.05, 0.1) is 11.6 Å². The third-order valence-corrected chi connectivity index (χ3v) is 5.56. The SMILES string of the molecule is O=C(c1ccc(-c2noc(C(F)(F)F)n2)cc1)N1CCC(O)C12CCCC2. The Morgan fingerprint density at radius 2 is 1.89 bits per heavy atom. The fraction of sp³-hybridized carbons (Fsp3) is 0.500. The first-order valence-corrected chi connectivity index (χ1v) is 8.83. The maximum absolute atomic E-state index is 13.0. The average molecular weight is 381 g/mol. The van der Waals surface area contributed by atoms with Crippen molar-refractivity contribution in [2.24, 2.45) is 0 Å². The summed E-state index contributed by atoms with van der Waals surface area (Å²) in [7, 11) is 0. The van der Waals surface area contributed by atoms with E-state index < -0.39 is 23.7 Å². The molecule has 4 rings (SSSR count). The highest BCUT2D eigenvalue weighted by Gasteiger charge is 2.51. The molecule has 1 amide bonds. The van der Waals surface area contributed by atoms with Gasteiger partial charge < -0.3 is 14.5 Å². The summed E-state index contributed by atoms with van der Waals surface area (Å²) in [5.41, 5.74) is 0.256. The van der Waals surface area contributed by atoms with Crippen LogP contribution in [0.15, 0.2) is 28.8 Å². The van der Waals surface area contributed by atoms with E-state index in [1.165, 1.54) is 24.3 Å². The number of rotatable bonds is 2. The summed E-state index contributed by atoms with van der Waals surface area (Å²) in [6.07, 6.45) is -1.09. The minimum Gasteiger partial charge on any atom is -0.391 e. The van der Waals surface area contributed by atoms with Gasteiger partial charge >= 0.3 is 12.1 Å². The molecule has 9 heteroatoms. The van der Waals surface area contributed by atoms with E-state index in [2.05, 4.69) is 14.7 Å². The van der Waals surface area contributed by atoms with Crippen LogP contribution in [0.3, 0.4) is 0 Å². The van der Waals surface area contributed by atoms with Crippen molar-refractivity contribution in [3.8, 4) is 11.4 Å². The molecule has 1 unspecified atom stereocenters. The molecule has 2 fully saturated rings. The van der Waals surface area contributed by atoms with Crippen LogP contribution in [-0.4, -0.2) is 44.2 Å². The van der Waals surface area contributed by atoms with Gasteiger partial charge in [-0.05, 0) is 31.4 Å². The summed E-state index contributed by atoms with van der Waals surface area (Å²) >= 11 is 0. The molecule has 2 heterocycles. The van der Waals surface area contributed by atoms with E-state index in [-0.39, 0.29) is 11.7 Å². The maximum Gasteiger partial charge on any atom is 0.471 e. The monoisotopic (exact) mass is 381 g/mol. The topological polar surface area (TPSA) is 79.5 Å². The number of amides is 1. The third-order valence-electron chi connectivity index (χ3n) is 5.56. The lowest BCUT2D eigenvalue weighted by Crippen LogP contribution is -2.50. The molecule has 2 aliphatic rings. The molecule has 1 saturated heterocycles. The summed E-state index contributed by atoms with van der Waals surface area (Å²) in [5.74, 6) is -1.78. The van der Waals surface area contributed by atoms with Gasteiger partial charge in [-0.1, -0.05) is 30.1 Å². The van der Waals surface area contributed by atoms with Crippen LogP contribution in [0.1, 0.15) is 48.4 Å². The Labute approximate surface area is 153 Å². The standard InChI is InChI=1S/C18H18F3N3O3/c19-18(20,21)16-22-14(23-27-16)11-3-5-12(6-4-11)15(26)24-10-7-13(25)17(24)8-1-2-9-17/h3-6,13,25H,1-2,7-10H2. The zero-order valence-corrected chi connectivity index (χ0v) is 14.4. The number of likely N-dealkylation sites (tertiary alicyclic amines) is 1. The molecule has 1 atom stereocenters. The number of halogens is 3. The number of hydrogen-bond donors (Lipinski definition) is 1. The molecule has 2 aromatic rings. The first kappa shape index (κ1) is 18.0. The number of alkyl halides is 3. The number of carbonyl (C=O) groups excluding carboxylic acids is 1. The summed E-state index contributed by atoms with van der Waals surface area (Å²) in [5, 5.41) is 13.7. The molecule has 0 bridgehead atoms. The second-order valence-electron chi connectivity index (χ2n) is 7.07. The molecule has 1 saturated carbocycles. The van der Waals surface area contributed by atoms with Crippen LogP contribution in [0.4, 0.5) is 13.2 Å². The number of aliphatic hydroxyl groups excluding tert-OH is 1. The van der Waals surface area contributed by atoms with Crippen molar-refractivity contribution in [3.05, 3.63) is 35.7 Å². The third kappa shape index (κ3) is 2.99. The van der Waals surface area contributed by atoms with Crippen molar-refractivity contribution < 1.29 is 27.6 Å². The van der Waals surface area contributed by atoms with Gasteiger partial charge in [-0.15, -0.1) is 0 Å². The molecule has 1 aromatic carbocycles. The Balaban J connectivity index is 1.55. The van der Waals surface area contributed by atoms with E-state index in [0.29, 0.717) is 24.1 Å². The zero-order valence-electron chi connectivity index (χ0n) is 14.4. The molecular weight excluding hydrogens is 363 g/mol. The van der Waals surface area contributed by atoms with Crippen LogP contribution in [0, 0.1) is 0 Å². The van der Waals surface area contributed by atoms with E-state index in [1.54, 1.807) is 4.90 Å². The Morgan fingerprint density at radius 1 is 1.22 bits per heavy atom. The summed E-state index contributed by atoms with van der Waals surface area (Å²) in [6, 6.07) is 6.06. The fourth-order valence-electron chi connectivity index (χ4n) is 4.19. The predicted octanol–water partition coefficient (Wildman–Crippen LogP) is 3.28. The lowest BCUT2D eigenvalue weighted by atomic mass is 9.91. The van der Waals surface area contributed by atoms with Gasteiger partial charge in [-0.2, -0.15) is 18.2 Å². The molecule has 144 valence electrons. The zero-order chi connectivity index (χ0) is 19.2. The minimum absolute atomic E-state index is 0.177. The minimum atomic E-state index is -4.70. The van der Waals surface area contributed by atoms with Crippen molar-refractivity contribution in [1.82, 2.24) is 15.0 Å². The second kappa shape index (κ2) is 6.33. The van der Waals surface area contributed by atoms with Crippen molar-refractivity contribution in [2.75, 3.05) is 6.54 Å². The smallest absolute Gasteiger partial charge is 0.391 e. The van der Waals surface area contributed by atoms with Gasteiger partial charge in [0.2, 0.25) is 5.82 Å². The number of nitrogens with zero attached hydrogens (tertiary/aromatic N) is 3. The number of aromatic nitrogens is 2. The lowest BCUT2D eigenvalue weighted by Gasteiger charge is -2.37. The maximum atomic E-state index is 13.0. The van der Waals surface area contributed by atoms with Crippen LogP contribution in [0.5, 0.6) is 0 Å². The van der Waals surface area contributed by atoms with Crippen molar-refractivity contribution in [1.29, 1.82) is 0 Å². The normalized spacial score (nSPS) is 21.9. The number of carbonyl (C=O) groups is 1. The highest BCUT2D eigenvalue weighted by molar-refractivity contribution is 5.95. The van der Waals surface area contributed by atoms with E-state index in [9.17, 15) is 23.1 Å². The van der Waals surface area contributed by atoms with Crippen LogP contribution in [-0.2, 0) is 6.18 Å². The Hall–Kier alpha value is -2.42. The lowest BCUT2D eigenvalue weighted by molar-refractivity contribution is -0.159. The van der Waals surface area contributed by atoms with Gasteiger partial charge in [0.25, 0.3) is 5.91 Å². The van der Waals surface area contributed by atoms with Crippen molar-refractivity contribution in [2.45, 2.75) is 49.9 Å². The molecule has 27 heavy (non-hydrogen) atoms. The van der Waals surface area contributed by atoms with E-state index in [0.717, 1.165) is 25.7 Å². The fourth-order valence-corrected chi connectivity index (χ4v) is 4.19. The Kier molecular flexibility index (Phi) is 4.21. The van der Waals surface area contributed by atoms with Crippen LogP contribution >= 0.6 is 0 Å². The van der Waals surface area contributed by atoms with Crippen molar-refractivity contribution >= 4 is 5.91 Å². The van der Waals surface area contributed by atoms with Gasteiger partial charge in [0, 0.05) is 17.7 Å². The van der Waals surface area contributed by atoms with Crippen LogP contribution < -0.4 is 0 Å².